The van der Waals surface area contributed by atoms with Gasteiger partial charge in [-0.3, -0.25) is 14.4 Å². The Morgan fingerprint density at radius 2 is 0.444 bits per heavy atom. The summed E-state index contributed by atoms with van der Waals surface area (Å²) in [6, 6.07) is 0. The van der Waals surface area contributed by atoms with Gasteiger partial charge in [0, 0.05) is 19.3 Å². The Kier molecular flexibility index (Phi) is 63.9. The van der Waals surface area contributed by atoms with Gasteiger partial charge in [-0.1, -0.05) is 282 Å². The quantitative estimate of drug-likeness (QED) is 0.0261. The maximum Gasteiger partial charge on any atom is 0.306 e. The lowest BCUT2D eigenvalue weighted by Crippen LogP contribution is -2.30. The molecule has 0 aromatic heterocycles. The predicted molar refractivity (Wildman–Crippen MR) is 352 cm³/mol. The first-order valence-corrected chi connectivity index (χ1v) is 33.3. The topological polar surface area (TPSA) is 78.9 Å². The Labute approximate surface area is 499 Å². The van der Waals surface area contributed by atoms with Crippen LogP contribution in [0, 0.1) is 0 Å². The van der Waals surface area contributed by atoms with Gasteiger partial charge in [0.15, 0.2) is 6.10 Å². The Bertz CT molecular complexity index is 1760. The van der Waals surface area contributed by atoms with Gasteiger partial charge in [0.1, 0.15) is 13.2 Å². The zero-order valence-corrected chi connectivity index (χ0v) is 52.5. The van der Waals surface area contributed by atoms with Gasteiger partial charge in [0.05, 0.1) is 0 Å². The van der Waals surface area contributed by atoms with E-state index in [2.05, 4.69) is 167 Å². The van der Waals surface area contributed by atoms with E-state index >= 15 is 0 Å². The zero-order valence-electron chi connectivity index (χ0n) is 52.5. The fourth-order valence-corrected chi connectivity index (χ4v) is 8.95. The van der Waals surface area contributed by atoms with Gasteiger partial charge in [-0.2, -0.15) is 0 Å². The Balaban J connectivity index is 4.32. The van der Waals surface area contributed by atoms with Crippen molar-refractivity contribution in [2.24, 2.45) is 0 Å². The maximum atomic E-state index is 12.9. The molecule has 458 valence electrons. The van der Waals surface area contributed by atoms with Crippen LogP contribution in [0.1, 0.15) is 290 Å². The second-order valence-corrected chi connectivity index (χ2v) is 21.6. The summed E-state index contributed by atoms with van der Waals surface area (Å²) in [7, 11) is 0. The van der Waals surface area contributed by atoms with E-state index in [1.54, 1.807) is 0 Å². The van der Waals surface area contributed by atoms with E-state index in [4.69, 9.17) is 14.2 Å². The molecule has 0 radical (unpaired) electrons. The summed E-state index contributed by atoms with van der Waals surface area (Å²) < 4.78 is 16.9. The second kappa shape index (κ2) is 67.8. The number of carbonyl (C=O) groups is 3. The van der Waals surface area contributed by atoms with Crippen LogP contribution in [0.3, 0.4) is 0 Å². The van der Waals surface area contributed by atoms with Crippen molar-refractivity contribution in [3.63, 3.8) is 0 Å². The van der Waals surface area contributed by atoms with Gasteiger partial charge in [-0.15, -0.1) is 0 Å². The van der Waals surface area contributed by atoms with Crippen LogP contribution in [0.25, 0.3) is 0 Å². The molecule has 1 atom stereocenters. The Morgan fingerprint density at radius 3 is 0.704 bits per heavy atom. The molecule has 0 aliphatic heterocycles. The molecule has 0 bridgehead atoms. The molecule has 0 fully saturated rings. The average Bonchev–Trinajstić information content (AvgIpc) is 3.46. The summed E-state index contributed by atoms with van der Waals surface area (Å²) in [5.74, 6) is -0.946. The fourth-order valence-electron chi connectivity index (χ4n) is 8.95. The summed E-state index contributed by atoms with van der Waals surface area (Å²) in [6.45, 7) is 6.27. The average molecular weight is 1120 g/mol. The number of carbonyl (C=O) groups excluding carboxylic acids is 3. The Hall–Kier alpha value is -4.71. The highest BCUT2D eigenvalue weighted by Gasteiger charge is 2.19. The molecule has 6 heteroatoms. The van der Waals surface area contributed by atoms with E-state index in [-0.39, 0.29) is 31.1 Å². The molecular weight excluding hydrogens is 997 g/mol. The lowest BCUT2D eigenvalue weighted by Gasteiger charge is -2.18. The third-order valence-electron chi connectivity index (χ3n) is 13.8. The molecule has 0 N–H and O–H groups in total. The number of hydrogen-bond acceptors (Lipinski definition) is 6. The van der Waals surface area contributed by atoms with Crippen LogP contribution in [-0.2, 0) is 28.6 Å². The van der Waals surface area contributed by atoms with Crippen molar-refractivity contribution < 1.29 is 28.6 Å². The highest BCUT2D eigenvalue weighted by molar-refractivity contribution is 5.71. The summed E-state index contributed by atoms with van der Waals surface area (Å²) in [5, 5.41) is 0. The van der Waals surface area contributed by atoms with E-state index in [1.807, 2.05) is 0 Å². The maximum absolute atomic E-state index is 12.9. The zero-order chi connectivity index (χ0) is 58.5. The number of esters is 3. The first-order valence-electron chi connectivity index (χ1n) is 33.3. The van der Waals surface area contributed by atoms with E-state index in [0.717, 1.165) is 161 Å². The predicted octanol–water partition coefficient (Wildman–Crippen LogP) is 23.1. The van der Waals surface area contributed by atoms with Crippen LogP contribution < -0.4 is 0 Å². The molecular formula is C75H122O6. The smallest absolute Gasteiger partial charge is 0.306 e. The highest BCUT2D eigenvalue weighted by atomic mass is 16.6. The van der Waals surface area contributed by atoms with E-state index < -0.39 is 6.10 Å². The molecule has 0 aromatic rings. The van der Waals surface area contributed by atoms with Crippen molar-refractivity contribution in [2.45, 2.75) is 297 Å². The minimum Gasteiger partial charge on any atom is -0.462 e. The number of hydrogen-bond donors (Lipinski definition) is 0. The van der Waals surface area contributed by atoms with Gasteiger partial charge in [0.25, 0.3) is 0 Å². The molecule has 0 saturated heterocycles. The first-order chi connectivity index (χ1) is 40.0. The van der Waals surface area contributed by atoms with Crippen molar-refractivity contribution in [3.8, 4) is 0 Å². The molecule has 0 aromatic carbocycles. The third-order valence-corrected chi connectivity index (χ3v) is 13.8. The molecule has 1 unspecified atom stereocenters. The fraction of sp³-hybridized carbons (Fsp3) is 0.640. The van der Waals surface area contributed by atoms with Gasteiger partial charge >= 0.3 is 17.9 Å². The van der Waals surface area contributed by atoms with Crippen LogP contribution in [0.15, 0.2) is 146 Å². The van der Waals surface area contributed by atoms with Gasteiger partial charge in [0.2, 0.25) is 0 Å². The van der Waals surface area contributed by atoms with Crippen LogP contribution in [0.4, 0.5) is 0 Å². The number of rotatable bonds is 59. The SMILES string of the molecule is CC/C=C\C/C=C\C/C=C\C/C=C\C/C=C\CCCCCCCC(=O)OC(COC(=O)CCCCC/C=C\C/C=C\C/C=C\CC)COC(=O)CCCCCCCCCCCCCCCCCC/C=C\C/C=C\C/C=C\C/C=C\CC. The van der Waals surface area contributed by atoms with E-state index in [9.17, 15) is 14.4 Å². The van der Waals surface area contributed by atoms with Crippen molar-refractivity contribution in [1.82, 2.24) is 0 Å². The normalized spacial score (nSPS) is 13.1. The monoisotopic (exact) mass is 1120 g/mol. The summed E-state index contributed by atoms with van der Waals surface area (Å²) in [4.78, 5) is 38.3. The van der Waals surface area contributed by atoms with Crippen molar-refractivity contribution >= 4 is 17.9 Å². The van der Waals surface area contributed by atoms with Crippen molar-refractivity contribution in [1.29, 1.82) is 0 Å². The van der Waals surface area contributed by atoms with Gasteiger partial charge in [-0.25, -0.2) is 0 Å². The van der Waals surface area contributed by atoms with E-state index in [0.29, 0.717) is 19.3 Å². The van der Waals surface area contributed by atoms with Crippen LogP contribution in [0.5, 0.6) is 0 Å². The van der Waals surface area contributed by atoms with Crippen LogP contribution >= 0.6 is 0 Å². The van der Waals surface area contributed by atoms with Crippen molar-refractivity contribution in [3.05, 3.63) is 146 Å². The molecule has 0 aliphatic carbocycles. The molecule has 0 rings (SSSR count). The highest BCUT2D eigenvalue weighted by Crippen LogP contribution is 2.16. The summed E-state index contributed by atoms with van der Waals surface area (Å²) >= 11 is 0. The minimum absolute atomic E-state index is 0.0988. The van der Waals surface area contributed by atoms with Crippen LogP contribution in [-0.4, -0.2) is 37.2 Å². The molecule has 81 heavy (non-hydrogen) atoms. The van der Waals surface area contributed by atoms with E-state index in [1.165, 1.54) is 89.9 Å². The number of allylic oxidation sites excluding steroid dienone is 24. The molecule has 0 heterocycles. The molecule has 0 saturated carbocycles. The number of ether oxygens (including phenoxy) is 3. The third kappa shape index (κ3) is 66.0. The van der Waals surface area contributed by atoms with Crippen LogP contribution in [0.2, 0.25) is 0 Å². The largest absolute Gasteiger partial charge is 0.462 e. The van der Waals surface area contributed by atoms with Gasteiger partial charge < -0.3 is 14.2 Å². The standard InChI is InChI=1S/C75H122O6/c1-4-7-10-13-16-19-22-25-27-29-31-33-34-35-36-37-38-39-40-42-43-45-47-50-53-56-59-62-65-68-74(77)80-71-72(70-79-73(76)67-64-61-58-55-52-49-24-21-18-15-12-9-6-3)81-75(78)69-66-63-60-57-54-51-48-46-44-41-32-30-28-26-23-20-17-14-11-8-5-2/h7-12,16-21,25-28,31-33,41,46,48-49,52,72H,4-6,13-15,22-24,29-30,34-40,42-45,47,50-51,53-71H2,1-3H3/b10-7-,11-8-,12-9-,19-16-,20-17-,21-18-,27-25-,28-26-,33-31-,41-32-,48-46-,52-49-. The van der Waals surface area contributed by atoms with Crippen molar-refractivity contribution in [2.75, 3.05) is 13.2 Å². The molecule has 0 aliphatic rings. The number of unbranched alkanes of at least 4 members (excludes halogenated alkanes) is 24. The molecule has 6 nitrogen and oxygen atoms in total. The Morgan fingerprint density at radius 1 is 0.247 bits per heavy atom. The minimum atomic E-state index is -0.807. The first kappa shape index (κ1) is 76.3. The second-order valence-electron chi connectivity index (χ2n) is 21.6. The lowest BCUT2D eigenvalue weighted by molar-refractivity contribution is -0.167. The molecule has 0 amide bonds. The van der Waals surface area contributed by atoms with Gasteiger partial charge in [-0.05, 0) is 135 Å². The molecule has 0 spiro atoms. The summed E-state index contributed by atoms with van der Waals surface area (Å²) in [5.41, 5.74) is 0. The summed E-state index contributed by atoms with van der Waals surface area (Å²) in [6.07, 6.45) is 97.3. The lowest BCUT2D eigenvalue weighted by atomic mass is 10.0.